The van der Waals surface area contributed by atoms with Crippen LogP contribution < -0.4 is 0 Å². The first-order valence-corrected chi connectivity index (χ1v) is 8.06. The number of morpholine rings is 1. The molecular weight excluding hydrogens is 303 g/mol. The normalized spacial score (nSPS) is 25.3. The predicted molar refractivity (Wildman–Crippen MR) is 81.9 cm³/mol. The highest BCUT2D eigenvalue weighted by Crippen LogP contribution is 2.29. The Hall–Kier alpha value is -1.51. The first-order valence-electron chi connectivity index (χ1n) is 8.06. The van der Waals surface area contributed by atoms with Crippen LogP contribution in [0.4, 0.5) is 13.2 Å². The minimum absolute atomic E-state index is 0.324. The number of alkyl halides is 3. The van der Waals surface area contributed by atoms with Gasteiger partial charge in [0.2, 0.25) is 0 Å². The molecule has 1 aromatic rings. The summed E-state index contributed by atoms with van der Waals surface area (Å²) in [6.07, 6.45) is 0.750. The van der Waals surface area contributed by atoms with E-state index in [1.165, 1.54) is 25.0 Å². The summed E-state index contributed by atoms with van der Waals surface area (Å²) >= 11 is 0. The van der Waals surface area contributed by atoms with Gasteiger partial charge in [-0.3, -0.25) is 4.90 Å². The van der Waals surface area contributed by atoms with E-state index in [1.807, 2.05) is 0 Å². The van der Waals surface area contributed by atoms with Crippen LogP contribution in [-0.4, -0.2) is 36.7 Å². The lowest BCUT2D eigenvalue weighted by Crippen LogP contribution is -2.52. The van der Waals surface area contributed by atoms with Crippen LogP contribution in [0.15, 0.2) is 24.3 Å². The lowest BCUT2D eigenvalue weighted by molar-refractivity contribution is -0.137. The van der Waals surface area contributed by atoms with Gasteiger partial charge in [-0.25, -0.2) is 0 Å². The van der Waals surface area contributed by atoms with Crippen molar-refractivity contribution in [3.63, 3.8) is 0 Å². The molecule has 2 aliphatic rings. The van der Waals surface area contributed by atoms with Crippen molar-refractivity contribution in [2.75, 3.05) is 19.7 Å². The molecule has 5 heteroatoms. The summed E-state index contributed by atoms with van der Waals surface area (Å²) in [6, 6.07) is 5.46. The van der Waals surface area contributed by atoms with Crippen LogP contribution in [0, 0.1) is 11.8 Å². The fourth-order valence-electron chi connectivity index (χ4n) is 3.36. The highest BCUT2D eigenvalue weighted by Gasteiger charge is 2.33. The molecule has 0 amide bonds. The van der Waals surface area contributed by atoms with E-state index in [1.54, 1.807) is 0 Å². The Morgan fingerprint density at radius 2 is 1.87 bits per heavy atom. The highest BCUT2D eigenvalue weighted by atomic mass is 19.4. The number of rotatable bonds is 1. The molecule has 3 rings (SSSR count). The van der Waals surface area contributed by atoms with Crippen LogP contribution >= 0.6 is 0 Å². The van der Waals surface area contributed by atoms with Gasteiger partial charge in [-0.15, -0.1) is 0 Å². The van der Waals surface area contributed by atoms with Gasteiger partial charge in [0.15, 0.2) is 0 Å². The topological polar surface area (TPSA) is 12.5 Å². The number of halogens is 3. The Bertz CT molecular complexity index is 583. The molecule has 0 unspecified atom stereocenters. The second-order valence-electron chi connectivity index (χ2n) is 6.11. The van der Waals surface area contributed by atoms with Crippen LogP contribution in [0.2, 0.25) is 0 Å². The van der Waals surface area contributed by atoms with E-state index in [2.05, 4.69) is 16.7 Å². The summed E-state index contributed by atoms with van der Waals surface area (Å²) < 4.78 is 43.4. The number of benzene rings is 1. The fraction of sp³-hybridized carbons (Fsp3) is 0.556. The summed E-state index contributed by atoms with van der Waals surface area (Å²) in [4.78, 5) is 2.35. The molecule has 0 bridgehead atoms. The van der Waals surface area contributed by atoms with Crippen molar-refractivity contribution in [1.29, 1.82) is 0 Å². The summed E-state index contributed by atoms with van der Waals surface area (Å²) in [5, 5.41) is 0. The molecule has 0 spiro atoms. The number of hydrogen-bond acceptors (Lipinski definition) is 2. The van der Waals surface area contributed by atoms with Crippen molar-refractivity contribution >= 4 is 0 Å². The Kier molecular flexibility index (Phi) is 4.93. The zero-order valence-electron chi connectivity index (χ0n) is 12.9. The average Bonchev–Trinajstić information content (AvgIpc) is 2.55. The fourth-order valence-corrected chi connectivity index (χ4v) is 3.36. The maximum Gasteiger partial charge on any atom is 0.416 e. The maximum absolute atomic E-state index is 12.5. The number of nitrogens with zero attached hydrogens (tertiary/aromatic N) is 1. The van der Waals surface area contributed by atoms with Crippen LogP contribution in [0.1, 0.15) is 36.8 Å². The minimum Gasteiger partial charge on any atom is -0.375 e. The summed E-state index contributed by atoms with van der Waals surface area (Å²) in [5.74, 6) is 6.07. The monoisotopic (exact) mass is 323 g/mol. The Balaban J connectivity index is 1.61. The molecule has 1 heterocycles. The first-order chi connectivity index (χ1) is 11.0. The molecule has 0 aromatic heterocycles. The molecule has 1 aromatic carbocycles. The quantitative estimate of drug-likeness (QED) is 0.731. The van der Waals surface area contributed by atoms with Gasteiger partial charge in [-0.05, 0) is 37.1 Å². The van der Waals surface area contributed by atoms with Crippen molar-refractivity contribution in [2.24, 2.45) is 0 Å². The van der Waals surface area contributed by atoms with Crippen molar-refractivity contribution in [1.82, 2.24) is 4.90 Å². The van der Waals surface area contributed by atoms with E-state index in [0.717, 1.165) is 38.1 Å². The van der Waals surface area contributed by atoms with Gasteiger partial charge >= 0.3 is 6.18 Å². The molecule has 1 saturated carbocycles. The van der Waals surface area contributed by atoms with Crippen LogP contribution in [0.25, 0.3) is 0 Å². The van der Waals surface area contributed by atoms with Gasteiger partial charge in [-0.2, -0.15) is 13.2 Å². The van der Waals surface area contributed by atoms with Gasteiger partial charge in [0.25, 0.3) is 0 Å². The molecule has 2 atom stereocenters. The average molecular weight is 323 g/mol. The van der Waals surface area contributed by atoms with Crippen molar-refractivity contribution in [3.8, 4) is 11.8 Å². The van der Waals surface area contributed by atoms with Crippen molar-refractivity contribution in [3.05, 3.63) is 35.4 Å². The molecule has 2 fully saturated rings. The Morgan fingerprint density at radius 1 is 1.13 bits per heavy atom. The third-order valence-corrected chi connectivity index (χ3v) is 4.57. The van der Waals surface area contributed by atoms with Gasteiger partial charge in [-0.1, -0.05) is 24.7 Å². The van der Waals surface area contributed by atoms with E-state index in [9.17, 15) is 13.2 Å². The molecule has 1 saturated heterocycles. The van der Waals surface area contributed by atoms with E-state index >= 15 is 0 Å². The van der Waals surface area contributed by atoms with Gasteiger partial charge in [0.1, 0.15) is 0 Å². The molecule has 1 aliphatic heterocycles. The number of hydrogen-bond donors (Lipinski definition) is 0. The lowest BCUT2D eigenvalue weighted by Gasteiger charge is -2.43. The second kappa shape index (κ2) is 6.94. The number of fused-ring (bicyclic) bond motifs is 1. The second-order valence-corrected chi connectivity index (χ2v) is 6.11. The van der Waals surface area contributed by atoms with Gasteiger partial charge in [0.05, 0.1) is 24.8 Å². The van der Waals surface area contributed by atoms with E-state index < -0.39 is 11.7 Å². The molecule has 0 N–H and O–H groups in total. The maximum atomic E-state index is 12.5. The zero-order chi connectivity index (χ0) is 16.3. The third-order valence-electron chi connectivity index (χ3n) is 4.57. The lowest BCUT2D eigenvalue weighted by atomic mass is 9.90. The van der Waals surface area contributed by atoms with Crippen LogP contribution in [0.3, 0.4) is 0 Å². The molecule has 1 aliphatic carbocycles. The van der Waals surface area contributed by atoms with Crippen LogP contribution in [0.5, 0.6) is 0 Å². The standard InChI is InChI=1S/C18H20F3NO/c19-18(20,21)15-9-7-14(8-10-15)4-3-11-22-12-13-23-17-6-2-1-5-16(17)22/h7-10,16-17H,1-2,5-6,11-13H2/t16-,17-/m0/s1. The van der Waals surface area contributed by atoms with E-state index in [4.69, 9.17) is 4.74 Å². The molecule has 0 radical (unpaired) electrons. The van der Waals surface area contributed by atoms with E-state index in [-0.39, 0.29) is 0 Å². The van der Waals surface area contributed by atoms with Crippen molar-refractivity contribution in [2.45, 2.75) is 44.0 Å². The van der Waals surface area contributed by atoms with Crippen LogP contribution in [-0.2, 0) is 10.9 Å². The smallest absolute Gasteiger partial charge is 0.375 e. The Labute approximate surface area is 134 Å². The first kappa shape index (κ1) is 16.4. The molecule has 124 valence electrons. The molecule has 23 heavy (non-hydrogen) atoms. The zero-order valence-corrected chi connectivity index (χ0v) is 12.9. The number of ether oxygens (including phenoxy) is 1. The molecule has 2 nitrogen and oxygen atoms in total. The minimum atomic E-state index is -4.30. The summed E-state index contributed by atoms with van der Waals surface area (Å²) in [5.41, 5.74) is -0.0206. The summed E-state index contributed by atoms with van der Waals surface area (Å²) in [6.45, 7) is 2.26. The SMILES string of the molecule is FC(F)(F)c1ccc(C#CCN2CCO[C@H]3CCCC[C@@H]32)cc1. The van der Waals surface area contributed by atoms with Gasteiger partial charge < -0.3 is 4.74 Å². The summed E-state index contributed by atoms with van der Waals surface area (Å²) in [7, 11) is 0. The van der Waals surface area contributed by atoms with E-state index in [0.29, 0.717) is 24.3 Å². The van der Waals surface area contributed by atoms with Crippen molar-refractivity contribution < 1.29 is 17.9 Å². The highest BCUT2D eigenvalue weighted by molar-refractivity contribution is 5.37. The van der Waals surface area contributed by atoms with Gasteiger partial charge in [0, 0.05) is 18.2 Å². The third kappa shape index (κ3) is 4.07. The Morgan fingerprint density at radius 3 is 2.61 bits per heavy atom. The predicted octanol–water partition coefficient (Wildman–Crippen LogP) is 3.70. The molecular formula is C18H20F3NO. The largest absolute Gasteiger partial charge is 0.416 e.